The minimum absolute atomic E-state index is 0.00426. The summed E-state index contributed by atoms with van der Waals surface area (Å²) < 4.78 is 4.73. The standard InChI is InChI=1S/C28H26N4O5/c1-31-13-15-32(16-14-31)27(34)19-7-9-20(10-8-19)29-25(18-5-3-2-4-6-18)24-22-12-11-21(37-28(35)36)17-23(22)30-26(24)33/h2-12,17,24H,13-16H2,1H3,(H,30,33)(H,35,36). The van der Waals surface area contributed by atoms with Gasteiger partial charge < -0.3 is 25.0 Å². The molecule has 3 aromatic carbocycles. The summed E-state index contributed by atoms with van der Waals surface area (Å²) in [4.78, 5) is 45.8. The summed E-state index contributed by atoms with van der Waals surface area (Å²) in [5.74, 6) is -0.865. The third-order valence-corrected chi connectivity index (χ3v) is 6.56. The van der Waals surface area contributed by atoms with Crippen LogP contribution < -0.4 is 10.1 Å². The van der Waals surface area contributed by atoms with Gasteiger partial charge in [0, 0.05) is 43.5 Å². The van der Waals surface area contributed by atoms with Crippen molar-refractivity contribution in [3.05, 3.63) is 89.5 Å². The number of ether oxygens (including phenoxy) is 1. The van der Waals surface area contributed by atoms with Gasteiger partial charge in [0.05, 0.1) is 11.4 Å². The second kappa shape index (κ2) is 10.2. The lowest BCUT2D eigenvalue weighted by atomic mass is 9.90. The summed E-state index contributed by atoms with van der Waals surface area (Å²) in [6, 6.07) is 21.2. The molecule has 0 saturated carbocycles. The molecule has 2 aliphatic heterocycles. The summed E-state index contributed by atoms with van der Waals surface area (Å²) >= 11 is 0. The minimum Gasteiger partial charge on any atom is -0.449 e. The molecule has 1 saturated heterocycles. The van der Waals surface area contributed by atoms with Crippen LogP contribution in [0.5, 0.6) is 5.75 Å². The van der Waals surface area contributed by atoms with E-state index in [0.29, 0.717) is 41.3 Å². The molecule has 0 aromatic heterocycles. The molecular formula is C28H26N4O5. The minimum atomic E-state index is -1.43. The first-order valence-electron chi connectivity index (χ1n) is 12.0. The molecule has 2 N–H and O–H groups in total. The molecular weight excluding hydrogens is 472 g/mol. The zero-order valence-corrected chi connectivity index (χ0v) is 20.3. The normalized spacial score (nSPS) is 17.8. The fourth-order valence-corrected chi connectivity index (χ4v) is 4.59. The molecule has 9 nitrogen and oxygen atoms in total. The monoisotopic (exact) mass is 498 g/mol. The molecule has 2 amide bonds. The Labute approximate surface area is 214 Å². The summed E-state index contributed by atoms with van der Waals surface area (Å²) in [6.07, 6.45) is -1.43. The Bertz CT molecular complexity index is 1360. The van der Waals surface area contributed by atoms with Crippen molar-refractivity contribution in [2.45, 2.75) is 5.92 Å². The molecule has 0 radical (unpaired) electrons. The molecule has 2 heterocycles. The molecule has 188 valence electrons. The molecule has 9 heteroatoms. The molecule has 5 rings (SSSR count). The van der Waals surface area contributed by atoms with Crippen LogP contribution in [0.1, 0.15) is 27.4 Å². The van der Waals surface area contributed by atoms with E-state index in [9.17, 15) is 14.4 Å². The van der Waals surface area contributed by atoms with Crippen LogP contribution in [0, 0.1) is 0 Å². The van der Waals surface area contributed by atoms with E-state index in [1.807, 2.05) is 42.3 Å². The number of hydrogen-bond donors (Lipinski definition) is 2. The zero-order valence-electron chi connectivity index (χ0n) is 20.3. The average Bonchev–Trinajstić information content (AvgIpc) is 3.22. The first-order chi connectivity index (χ1) is 17.9. The number of benzene rings is 3. The molecule has 1 unspecified atom stereocenters. The predicted octanol–water partition coefficient (Wildman–Crippen LogP) is 3.99. The Morgan fingerprint density at radius 2 is 1.65 bits per heavy atom. The summed E-state index contributed by atoms with van der Waals surface area (Å²) in [7, 11) is 2.05. The topological polar surface area (TPSA) is 112 Å². The summed E-state index contributed by atoms with van der Waals surface area (Å²) in [5, 5.41) is 11.7. The van der Waals surface area contributed by atoms with Crippen LogP contribution in [-0.2, 0) is 4.79 Å². The van der Waals surface area contributed by atoms with Gasteiger partial charge in [0.25, 0.3) is 5.91 Å². The van der Waals surface area contributed by atoms with Crippen molar-refractivity contribution < 1.29 is 24.2 Å². The molecule has 3 aromatic rings. The number of hydrogen-bond acceptors (Lipinski definition) is 6. The van der Waals surface area contributed by atoms with E-state index >= 15 is 0 Å². The van der Waals surface area contributed by atoms with Gasteiger partial charge >= 0.3 is 6.16 Å². The van der Waals surface area contributed by atoms with Gasteiger partial charge in [-0.1, -0.05) is 36.4 Å². The van der Waals surface area contributed by atoms with Crippen LogP contribution in [0.4, 0.5) is 16.2 Å². The van der Waals surface area contributed by atoms with Crippen molar-refractivity contribution in [3.63, 3.8) is 0 Å². The van der Waals surface area contributed by atoms with Gasteiger partial charge in [-0.15, -0.1) is 0 Å². The zero-order chi connectivity index (χ0) is 25.9. The van der Waals surface area contributed by atoms with Crippen molar-refractivity contribution in [1.82, 2.24) is 9.80 Å². The van der Waals surface area contributed by atoms with Crippen LogP contribution in [-0.4, -0.2) is 71.8 Å². The second-order valence-corrected chi connectivity index (χ2v) is 9.04. The third kappa shape index (κ3) is 5.22. The molecule has 0 spiro atoms. The van der Waals surface area contributed by atoms with Crippen molar-refractivity contribution in [1.29, 1.82) is 0 Å². The Morgan fingerprint density at radius 3 is 2.32 bits per heavy atom. The average molecular weight is 499 g/mol. The lowest BCUT2D eigenvalue weighted by Crippen LogP contribution is -2.47. The number of nitrogens with one attached hydrogen (secondary N) is 1. The smallest absolute Gasteiger partial charge is 0.449 e. The van der Waals surface area contributed by atoms with E-state index in [1.165, 1.54) is 12.1 Å². The predicted molar refractivity (Wildman–Crippen MR) is 139 cm³/mol. The Hall–Kier alpha value is -4.50. The van der Waals surface area contributed by atoms with Crippen LogP contribution in [0.25, 0.3) is 0 Å². The maximum atomic E-state index is 13.1. The molecule has 0 aliphatic carbocycles. The highest BCUT2D eigenvalue weighted by Crippen LogP contribution is 2.38. The maximum absolute atomic E-state index is 13.1. The number of likely N-dealkylation sites (N-methyl/N-ethyl adjacent to an activating group) is 1. The number of carbonyl (C=O) groups is 3. The molecule has 37 heavy (non-hydrogen) atoms. The van der Waals surface area contributed by atoms with Crippen molar-refractivity contribution in [3.8, 4) is 5.75 Å². The van der Waals surface area contributed by atoms with E-state index in [0.717, 1.165) is 18.7 Å². The van der Waals surface area contributed by atoms with Crippen molar-refractivity contribution >= 4 is 35.1 Å². The highest BCUT2D eigenvalue weighted by molar-refractivity contribution is 6.24. The number of amides is 2. The number of carbonyl (C=O) groups excluding carboxylic acids is 2. The van der Waals surface area contributed by atoms with Gasteiger partial charge in [-0.2, -0.15) is 0 Å². The molecule has 1 atom stereocenters. The molecule has 0 bridgehead atoms. The highest BCUT2D eigenvalue weighted by Gasteiger charge is 2.36. The number of rotatable bonds is 5. The number of piperazine rings is 1. The summed E-state index contributed by atoms with van der Waals surface area (Å²) in [6.45, 7) is 3.10. The molecule has 1 fully saturated rings. The number of fused-ring (bicyclic) bond motifs is 1. The van der Waals surface area contributed by atoms with Gasteiger partial charge in [0.2, 0.25) is 5.91 Å². The lowest BCUT2D eigenvalue weighted by molar-refractivity contribution is -0.115. The Balaban J connectivity index is 1.46. The lowest BCUT2D eigenvalue weighted by Gasteiger charge is -2.32. The van der Waals surface area contributed by atoms with E-state index in [4.69, 9.17) is 14.8 Å². The number of carboxylic acid groups (broad SMARTS) is 1. The summed E-state index contributed by atoms with van der Waals surface area (Å²) in [5.41, 5.74) is 3.68. The third-order valence-electron chi connectivity index (χ3n) is 6.56. The number of anilines is 1. The second-order valence-electron chi connectivity index (χ2n) is 9.04. The molecule has 2 aliphatic rings. The van der Waals surface area contributed by atoms with Crippen LogP contribution in [0.15, 0.2) is 77.8 Å². The fraction of sp³-hybridized carbons (Fsp3) is 0.214. The highest BCUT2D eigenvalue weighted by atomic mass is 16.7. The van der Waals surface area contributed by atoms with Gasteiger partial charge in [-0.05, 0) is 48.5 Å². The first-order valence-corrected chi connectivity index (χ1v) is 12.0. The van der Waals surface area contributed by atoms with Gasteiger partial charge in [-0.3, -0.25) is 14.6 Å². The van der Waals surface area contributed by atoms with Crippen LogP contribution in [0.3, 0.4) is 0 Å². The largest absolute Gasteiger partial charge is 0.511 e. The van der Waals surface area contributed by atoms with Crippen LogP contribution >= 0.6 is 0 Å². The number of nitrogens with zero attached hydrogens (tertiary/aromatic N) is 3. The van der Waals surface area contributed by atoms with E-state index in [-0.39, 0.29) is 17.6 Å². The Morgan fingerprint density at radius 1 is 0.946 bits per heavy atom. The number of aliphatic imine (C=N–C) groups is 1. The van der Waals surface area contributed by atoms with Gasteiger partial charge in [0.15, 0.2) is 0 Å². The fourth-order valence-electron chi connectivity index (χ4n) is 4.59. The first kappa shape index (κ1) is 24.2. The van der Waals surface area contributed by atoms with Crippen molar-refractivity contribution in [2.24, 2.45) is 4.99 Å². The van der Waals surface area contributed by atoms with Crippen LogP contribution in [0.2, 0.25) is 0 Å². The van der Waals surface area contributed by atoms with Gasteiger partial charge in [0.1, 0.15) is 11.7 Å². The quantitative estimate of drug-likeness (QED) is 0.313. The van der Waals surface area contributed by atoms with E-state index in [2.05, 4.69) is 10.2 Å². The van der Waals surface area contributed by atoms with E-state index in [1.54, 1.807) is 30.3 Å². The maximum Gasteiger partial charge on any atom is 0.511 e. The van der Waals surface area contributed by atoms with Crippen molar-refractivity contribution in [2.75, 3.05) is 38.5 Å². The SMILES string of the molecule is CN1CCN(C(=O)c2ccc(N=C(c3ccccc3)C3C(=O)Nc4cc(OC(=O)O)ccc43)cc2)CC1. The van der Waals surface area contributed by atoms with Gasteiger partial charge in [-0.25, -0.2) is 4.79 Å². The Kier molecular flexibility index (Phi) is 6.70. The van der Waals surface area contributed by atoms with E-state index < -0.39 is 12.1 Å².